The molecule has 3 heterocycles. The first-order valence-electron chi connectivity index (χ1n) is 9.73. The molecule has 3 aromatic rings. The summed E-state index contributed by atoms with van der Waals surface area (Å²) in [6.45, 7) is 3.80. The van der Waals surface area contributed by atoms with E-state index in [9.17, 15) is 4.79 Å². The molecule has 1 aliphatic heterocycles. The molecule has 0 radical (unpaired) electrons. The highest BCUT2D eigenvalue weighted by atomic mass is 32.1. The number of aromatic nitrogens is 4. The van der Waals surface area contributed by atoms with Crippen molar-refractivity contribution in [3.8, 4) is 5.19 Å². The molecule has 0 spiro atoms. The van der Waals surface area contributed by atoms with Crippen molar-refractivity contribution >= 4 is 28.2 Å². The molecule has 0 aliphatic carbocycles. The van der Waals surface area contributed by atoms with Gasteiger partial charge in [0.25, 0.3) is 11.1 Å². The second kappa shape index (κ2) is 10.7. The molecular weight excluding hydrogens is 423 g/mol. The minimum atomic E-state index is -0.708. The lowest BCUT2D eigenvalue weighted by atomic mass is 10.1. The van der Waals surface area contributed by atoms with Crippen LogP contribution in [0.1, 0.15) is 26.4 Å². The van der Waals surface area contributed by atoms with Gasteiger partial charge < -0.3 is 14.4 Å². The summed E-state index contributed by atoms with van der Waals surface area (Å²) < 4.78 is 11.6. The van der Waals surface area contributed by atoms with Crippen LogP contribution in [0, 0.1) is 0 Å². The quantitative estimate of drug-likeness (QED) is 0.561. The van der Waals surface area contributed by atoms with Crippen LogP contribution in [-0.4, -0.2) is 52.1 Å². The summed E-state index contributed by atoms with van der Waals surface area (Å²) in [5.41, 5.74) is 0.785. The summed E-state index contributed by atoms with van der Waals surface area (Å²) in [4.78, 5) is 14.8. The van der Waals surface area contributed by atoms with E-state index in [2.05, 4.69) is 30.6 Å². The first kappa shape index (κ1) is 22.5. The number of halogens is 1. The molecule has 166 valence electrons. The van der Waals surface area contributed by atoms with Crippen molar-refractivity contribution in [1.29, 1.82) is 0 Å². The van der Waals surface area contributed by atoms with Gasteiger partial charge in [-0.25, -0.2) is 0 Å². The van der Waals surface area contributed by atoms with E-state index in [1.807, 2.05) is 49.4 Å². The molecule has 1 amide bonds. The zero-order valence-electron chi connectivity index (χ0n) is 16.9. The highest BCUT2D eigenvalue weighted by Crippen LogP contribution is 2.28. The molecule has 1 fully saturated rings. The molecule has 9 nitrogen and oxygen atoms in total. The molecule has 4 rings (SSSR count). The number of ether oxygens (including phenoxy) is 2. The summed E-state index contributed by atoms with van der Waals surface area (Å²) >= 11 is 1.20. The van der Waals surface area contributed by atoms with Crippen molar-refractivity contribution in [2.75, 3.05) is 29.9 Å². The molecule has 31 heavy (non-hydrogen) atoms. The minimum Gasteiger partial charge on any atom is -0.464 e. The van der Waals surface area contributed by atoms with Gasteiger partial charge in [-0.2, -0.15) is 5.10 Å². The van der Waals surface area contributed by atoms with Crippen LogP contribution in [0.5, 0.6) is 5.19 Å². The van der Waals surface area contributed by atoms with Crippen molar-refractivity contribution in [1.82, 2.24) is 20.4 Å². The largest absolute Gasteiger partial charge is 0.464 e. The summed E-state index contributed by atoms with van der Waals surface area (Å²) in [6.07, 6.45) is 1.76. The van der Waals surface area contributed by atoms with Gasteiger partial charge in [0.05, 0.1) is 6.54 Å². The van der Waals surface area contributed by atoms with Gasteiger partial charge in [-0.05, 0) is 36.0 Å². The second-order valence-corrected chi connectivity index (χ2v) is 7.60. The standard InChI is InChI=1S/C20H22N6O3S.FH.H2/c1-2-28-17(14-7-4-3-5-8-14)18(27)22-19-24-25-20(30-19)29-15-10-12-26(13-15)16-9-6-11-21-23-16;;/h3-9,11,15,17H,2,10,12-13H2,1H3,(H,22,24,27);2*1H/t15-,17+;;/m1../s1. The van der Waals surface area contributed by atoms with E-state index in [4.69, 9.17) is 9.47 Å². The van der Waals surface area contributed by atoms with Gasteiger partial charge in [0.15, 0.2) is 11.9 Å². The lowest BCUT2D eigenvalue weighted by Gasteiger charge is -2.16. The highest BCUT2D eigenvalue weighted by Gasteiger charge is 2.27. The Morgan fingerprint density at radius 1 is 1.26 bits per heavy atom. The van der Waals surface area contributed by atoms with Crippen LogP contribution in [0.25, 0.3) is 0 Å². The Balaban J connectivity index is 0.00000181. The van der Waals surface area contributed by atoms with E-state index < -0.39 is 6.10 Å². The number of hydrogen-bond acceptors (Lipinski definition) is 9. The van der Waals surface area contributed by atoms with Crippen LogP contribution in [0.4, 0.5) is 15.7 Å². The molecular formula is C20H25FN6O3S. The predicted octanol–water partition coefficient (Wildman–Crippen LogP) is 3.10. The summed E-state index contributed by atoms with van der Waals surface area (Å²) in [5, 5.41) is 19.7. The van der Waals surface area contributed by atoms with Crippen LogP contribution >= 0.6 is 11.3 Å². The van der Waals surface area contributed by atoms with Crippen LogP contribution in [0.3, 0.4) is 0 Å². The van der Waals surface area contributed by atoms with Crippen LogP contribution in [0.2, 0.25) is 0 Å². The average molecular weight is 449 g/mol. The Kier molecular flexibility index (Phi) is 7.79. The van der Waals surface area contributed by atoms with Gasteiger partial charge in [0.1, 0.15) is 6.10 Å². The Bertz CT molecular complexity index is 968. The maximum absolute atomic E-state index is 12.7. The van der Waals surface area contributed by atoms with E-state index in [1.165, 1.54) is 11.3 Å². The van der Waals surface area contributed by atoms with Gasteiger partial charge in [-0.1, -0.05) is 35.4 Å². The number of nitrogens with zero attached hydrogens (tertiary/aromatic N) is 5. The van der Waals surface area contributed by atoms with Gasteiger partial charge in [0, 0.05) is 27.2 Å². The minimum absolute atomic E-state index is 0. The maximum Gasteiger partial charge on any atom is 0.296 e. The first-order chi connectivity index (χ1) is 14.7. The van der Waals surface area contributed by atoms with Gasteiger partial charge >= 0.3 is 0 Å². The van der Waals surface area contributed by atoms with Crippen LogP contribution < -0.4 is 15.0 Å². The number of rotatable bonds is 8. The summed E-state index contributed by atoms with van der Waals surface area (Å²) in [5.74, 6) is 0.539. The van der Waals surface area contributed by atoms with E-state index in [0.29, 0.717) is 23.5 Å². The molecule has 1 N–H and O–H groups in total. The van der Waals surface area contributed by atoms with Crippen molar-refractivity contribution in [2.45, 2.75) is 25.6 Å². The van der Waals surface area contributed by atoms with Crippen molar-refractivity contribution in [2.24, 2.45) is 0 Å². The number of anilines is 2. The predicted molar refractivity (Wildman–Crippen MR) is 117 cm³/mol. The average Bonchev–Trinajstić information content (AvgIpc) is 3.43. The zero-order chi connectivity index (χ0) is 20.8. The fourth-order valence-corrected chi connectivity index (χ4v) is 3.90. The van der Waals surface area contributed by atoms with E-state index in [-0.39, 0.29) is 18.1 Å². The third kappa shape index (κ3) is 5.70. The molecule has 1 saturated heterocycles. The number of hydrogen-bond donors (Lipinski definition) is 1. The third-order valence-electron chi connectivity index (χ3n) is 4.61. The van der Waals surface area contributed by atoms with E-state index in [1.54, 1.807) is 6.20 Å². The number of amides is 1. The summed E-state index contributed by atoms with van der Waals surface area (Å²) in [7, 11) is 0. The normalized spacial score (nSPS) is 16.4. The highest BCUT2D eigenvalue weighted by molar-refractivity contribution is 7.17. The number of nitrogens with one attached hydrogen (secondary N) is 1. The Morgan fingerprint density at radius 2 is 2.10 bits per heavy atom. The van der Waals surface area contributed by atoms with Crippen LogP contribution in [-0.2, 0) is 9.53 Å². The first-order valence-corrected chi connectivity index (χ1v) is 10.5. The lowest BCUT2D eigenvalue weighted by Crippen LogP contribution is -2.25. The Hall–Kier alpha value is -3.18. The fourth-order valence-electron chi connectivity index (χ4n) is 3.23. The van der Waals surface area contributed by atoms with Crippen LogP contribution in [0.15, 0.2) is 48.7 Å². The van der Waals surface area contributed by atoms with Gasteiger partial charge in [-0.15, -0.1) is 10.2 Å². The van der Waals surface area contributed by atoms with Crippen molar-refractivity contribution in [3.05, 3.63) is 54.2 Å². The SMILES string of the molecule is CCO[C@H](C(=O)Nc1nnc(O[C@@H]2CCN(c3cccnn3)C2)s1)c1ccccc1.F.[HH]. The van der Waals surface area contributed by atoms with Crippen molar-refractivity contribution < 1.29 is 20.4 Å². The number of carbonyl (C=O) groups is 1. The lowest BCUT2D eigenvalue weighted by molar-refractivity contribution is -0.127. The Morgan fingerprint density at radius 3 is 2.84 bits per heavy atom. The molecule has 2 atom stereocenters. The van der Waals surface area contributed by atoms with Gasteiger partial charge in [0.2, 0.25) is 5.13 Å². The fraction of sp³-hybridized carbons (Fsp3) is 0.350. The molecule has 1 aromatic carbocycles. The number of benzene rings is 1. The molecule has 11 heteroatoms. The second-order valence-electron chi connectivity index (χ2n) is 6.66. The maximum atomic E-state index is 12.7. The van der Waals surface area contributed by atoms with E-state index in [0.717, 1.165) is 24.3 Å². The van der Waals surface area contributed by atoms with E-state index >= 15 is 0 Å². The topological polar surface area (TPSA) is 102 Å². The molecule has 1 aliphatic rings. The molecule has 0 unspecified atom stereocenters. The molecule has 0 bridgehead atoms. The smallest absolute Gasteiger partial charge is 0.296 e. The Labute approximate surface area is 184 Å². The zero-order valence-corrected chi connectivity index (χ0v) is 17.7. The molecule has 2 aromatic heterocycles. The number of carbonyl (C=O) groups excluding carboxylic acids is 1. The van der Waals surface area contributed by atoms with Gasteiger partial charge in [-0.3, -0.25) is 14.8 Å². The van der Waals surface area contributed by atoms with Crippen molar-refractivity contribution in [3.63, 3.8) is 0 Å². The summed E-state index contributed by atoms with van der Waals surface area (Å²) in [6, 6.07) is 13.1. The monoisotopic (exact) mass is 448 g/mol. The molecule has 0 saturated carbocycles. The third-order valence-corrected chi connectivity index (χ3v) is 5.33.